The first kappa shape index (κ1) is 19.6. The smallest absolute Gasteiger partial charge is 0.165 e. The van der Waals surface area contributed by atoms with Crippen molar-refractivity contribution in [1.82, 2.24) is 4.90 Å². The van der Waals surface area contributed by atoms with E-state index in [1.54, 1.807) is 19.2 Å². The summed E-state index contributed by atoms with van der Waals surface area (Å²) in [7, 11) is 3.15. The predicted octanol–water partition coefficient (Wildman–Crippen LogP) is 3.66. The van der Waals surface area contributed by atoms with Gasteiger partial charge in [0.15, 0.2) is 11.6 Å². The molecule has 4 nitrogen and oxygen atoms in total. The summed E-state index contributed by atoms with van der Waals surface area (Å²) < 4.78 is 24.1. The molecule has 0 bridgehead atoms. The van der Waals surface area contributed by atoms with Gasteiger partial charge in [0.2, 0.25) is 0 Å². The van der Waals surface area contributed by atoms with Crippen molar-refractivity contribution in [3.63, 3.8) is 0 Å². The van der Waals surface area contributed by atoms with Crippen LogP contribution in [-0.4, -0.2) is 43.9 Å². The summed E-state index contributed by atoms with van der Waals surface area (Å²) in [5.74, 6) is 0.767. The Kier molecular flexibility index (Phi) is 6.34. The van der Waals surface area contributed by atoms with Gasteiger partial charge in [-0.25, -0.2) is 4.39 Å². The number of hydrogen-bond donors (Lipinski definition) is 1. The fourth-order valence-electron chi connectivity index (χ4n) is 4.05. The molecule has 3 rings (SSSR count). The van der Waals surface area contributed by atoms with Crippen molar-refractivity contribution in [3.05, 3.63) is 59.4 Å². The van der Waals surface area contributed by atoms with Gasteiger partial charge in [-0.3, -0.25) is 4.90 Å². The quantitative estimate of drug-likeness (QED) is 0.804. The molecule has 0 spiro atoms. The van der Waals surface area contributed by atoms with E-state index in [0.29, 0.717) is 0 Å². The SMILES string of the molecule is COc1cccc(C[C@]2(CO)CCCN(Cc3ccc(F)c(OC)c3)C2)c1. The van der Waals surface area contributed by atoms with E-state index < -0.39 is 0 Å². The molecule has 0 aromatic heterocycles. The summed E-state index contributed by atoms with van der Waals surface area (Å²) in [6.07, 6.45) is 2.83. The average Bonchev–Trinajstić information content (AvgIpc) is 2.70. The summed E-state index contributed by atoms with van der Waals surface area (Å²) in [5, 5.41) is 10.2. The molecular weight excluding hydrogens is 345 g/mol. The normalized spacial score (nSPS) is 20.4. The topological polar surface area (TPSA) is 41.9 Å². The molecule has 1 aliphatic heterocycles. The molecule has 0 amide bonds. The number of rotatable bonds is 7. The molecule has 1 N–H and O–H groups in total. The molecule has 0 radical (unpaired) electrons. The van der Waals surface area contributed by atoms with Crippen LogP contribution >= 0.6 is 0 Å². The highest BCUT2D eigenvalue weighted by Crippen LogP contribution is 2.35. The van der Waals surface area contributed by atoms with Crippen molar-refractivity contribution in [2.45, 2.75) is 25.8 Å². The second-order valence-electron chi connectivity index (χ2n) is 7.47. The molecule has 1 fully saturated rings. The lowest BCUT2D eigenvalue weighted by Crippen LogP contribution is -2.46. The molecule has 27 heavy (non-hydrogen) atoms. The largest absolute Gasteiger partial charge is 0.497 e. The number of likely N-dealkylation sites (tertiary alicyclic amines) is 1. The standard InChI is InChI=1S/C22H28FNO3/c1-26-19-6-3-5-17(11-19)13-22(16-25)9-4-10-24(15-22)14-18-7-8-20(23)21(12-18)27-2/h3,5-8,11-12,25H,4,9-10,13-16H2,1-2H3/t22-/m1/s1. The van der Waals surface area contributed by atoms with Crippen LogP contribution < -0.4 is 9.47 Å². The van der Waals surface area contributed by atoms with Gasteiger partial charge in [-0.1, -0.05) is 18.2 Å². The summed E-state index contributed by atoms with van der Waals surface area (Å²) in [6.45, 7) is 2.64. The van der Waals surface area contributed by atoms with Gasteiger partial charge >= 0.3 is 0 Å². The number of methoxy groups -OCH3 is 2. The van der Waals surface area contributed by atoms with Gasteiger partial charge in [-0.05, 0) is 61.2 Å². The molecule has 0 unspecified atom stereocenters. The highest BCUT2D eigenvalue weighted by molar-refractivity contribution is 5.31. The lowest BCUT2D eigenvalue weighted by Gasteiger charge is -2.42. The van der Waals surface area contributed by atoms with E-state index in [-0.39, 0.29) is 23.6 Å². The van der Waals surface area contributed by atoms with Crippen molar-refractivity contribution in [3.8, 4) is 11.5 Å². The highest BCUT2D eigenvalue weighted by atomic mass is 19.1. The van der Waals surface area contributed by atoms with Crippen LogP contribution in [0.4, 0.5) is 4.39 Å². The van der Waals surface area contributed by atoms with Crippen LogP contribution in [0, 0.1) is 11.2 Å². The third kappa shape index (κ3) is 4.79. The molecule has 0 aliphatic carbocycles. The van der Waals surface area contributed by atoms with Gasteiger partial charge in [-0.15, -0.1) is 0 Å². The van der Waals surface area contributed by atoms with Crippen LogP contribution in [-0.2, 0) is 13.0 Å². The van der Waals surface area contributed by atoms with Crippen molar-refractivity contribution in [2.75, 3.05) is 33.9 Å². The molecule has 2 aromatic carbocycles. The van der Waals surface area contributed by atoms with Crippen molar-refractivity contribution >= 4 is 0 Å². The first-order valence-electron chi connectivity index (χ1n) is 9.36. The average molecular weight is 373 g/mol. The number of piperidine rings is 1. The first-order chi connectivity index (χ1) is 13.1. The number of benzene rings is 2. The second kappa shape index (κ2) is 8.72. The maximum absolute atomic E-state index is 13.6. The second-order valence-corrected chi connectivity index (χ2v) is 7.47. The Balaban J connectivity index is 1.72. The number of halogens is 1. The van der Waals surface area contributed by atoms with Crippen LogP contribution in [0.15, 0.2) is 42.5 Å². The van der Waals surface area contributed by atoms with Crippen LogP contribution in [0.1, 0.15) is 24.0 Å². The minimum atomic E-state index is -0.345. The molecule has 1 aliphatic rings. The van der Waals surface area contributed by atoms with E-state index in [1.165, 1.54) is 18.7 Å². The van der Waals surface area contributed by atoms with Gasteiger partial charge in [-0.2, -0.15) is 0 Å². The zero-order valence-electron chi connectivity index (χ0n) is 16.1. The molecule has 1 heterocycles. The van der Waals surface area contributed by atoms with Crippen molar-refractivity contribution in [1.29, 1.82) is 0 Å². The van der Waals surface area contributed by atoms with Gasteiger partial charge in [0.05, 0.1) is 20.8 Å². The van der Waals surface area contributed by atoms with Gasteiger partial charge in [0, 0.05) is 18.5 Å². The Labute approximate surface area is 160 Å². The molecular formula is C22H28FNO3. The number of ether oxygens (including phenoxy) is 2. The van der Waals surface area contributed by atoms with Gasteiger partial charge in [0.1, 0.15) is 5.75 Å². The van der Waals surface area contributed by atoms with E-state index in [4.69, 9.17) is 9.47 Å². The molecule has 1 atom stereocenters. The number of aliphatic hydroxyl groups excluding tert-OH is 1. The minimum absolute atomic E-state index is 0.146. The third-order valence-corrected chi connectivity index (χ3v) is 5.41. The molecule has 2 aromatic rings. The summed E-state index contributed by atoms with van der Waals surface area (Å²) in [6, 6.07) is 13.1. The lowest BCUT2D eigenvalue weighted by molar-refractivity contribution is 0.0288. The van der Waals surface area contributed by atoms with Crippen LogP contribution in [0.25, 0.3) is 0 Å². The van der Waals surface area contributed by atoms with E-state index in [9.17, 15) is 9.50 Å². The highest BCUT2D eigenvalue weighted by Gasteiger charge is 2.35. The molecule has 1 saturated heterocycles. The van der Waals surface area contributed by atoms with Crippen LogP contribution in [0.2, 0.25) is 0 Å². The van der Waals surface area contributed by atoms with Gasteiger partial charge in [0.25, 0.3) is 0 Å². The zero-order valence-corrected chi connectivity index (χ0v) is 16.1. The van der Waals surface area contributed by atoms with Crippen LogP contribution in [0.3, 0.4) is 0 Å². The predicted molar refractivity (Wildman–Crippen MR) is 104 cm³/mol. The van der Waals surface area contributed by atoms with Crippen LogP contribution in [0.5, 0.6) is 11.5 Å². The maximum atomic E-state index is 13.6. The maximum Gasteiger partial charge on any atom is 0.165 e. The number of hydrogen-bond acceptors (Lipinski definition) is 4. The molecule has 0 saturated carbocycles. The van der Waals surface area contributed by atoms with Crippen molar-refractivity contribution in [2.24, 2.45) is 5.41 Å². The van der Waals surface area contributed by atoms with E-state index in [1.807, 2.05) is 18.2 Å². The summed E-state index contributed by atoms with van der Waals surface area (Å²) in [5.41, 5.74) is 2.02. The Morgan fingerprint density at radius 1 is 1.11 bits per heavy atom. The Bertz CT molecular complexity index is 767. The van der Waals surface area contributed by atoms with E-state index in [2.05, 4.69) is 11.0 Å². The summed E-state index contributed by atoms with van der Waals surface area (Å²) in [4.78, 5) is 2.34. The number of aliphatic hydroxyl groups is 1. The van der Waals surface area contributed by atoms with Gasteiger partial charge < -0.3 is 14.6 Å². The Morgan fingerprint density at radius 3 is 2.70 bits per heavy atom. The Hall–Kier alpha value is -2.11. The summed E-state index contributed by atoms with van der Waals surface area (Å²) >= 11 is 0. The fourth-order valence-corrected chi connectivity index (χ4v) is 4.05. The minimum Gasteiger partial charge on any atom is -0.497 e. The zero-order chi connectivity index (χ0) is 19.3. The third-order valence-electron chi connectivity index (χ3n) is 5.41. The lowest BCUT2D eigenvalue weighted by atomic mass is 9.75. The van der Waals surface area contributed by atoms with E-state index >= 15 is 0 Å². The van der Waals surface area contributed by atoms with Crippen molar-refractivity contribution < 1.29 is 19.0 Å². The monoisotopic (exact) mass is 373 g/mol. The van der Waals surface area contributed by atoms with E-state index in [0.717, 1.165) is 50.2 Å². The fraction of sp³-hybridized carbons (Fsp3) is 0.455. The number of nitrogens with zero attached hydrogens (tertiary/aromatic N) is 1. The molecule has 146 valence electrons. The molecule has 5 heteroatoms. The first-order valence-corrected chi connectivity index (χ1v) is 9.36. The Morgan fingerprint density at radius 2 is 1.96 bits per heavy atom.